The number of hydrogen-bond donors (Lipinski definition) is 2. The molecular formula is C9H7N5. The summed E-state index contributed by atoms with van der Waals surface area (Å²) in [6, 6.07) is 5.64. The lowest BCUT2D eigenvalue weighted by molar-refractivity contribution is 1.10. The number of hydrogen-bond acceptors (Lipinski definition) is 4. The number of nitrogens with two attached hydrogens (primary N) is 1. The lowest BCUT2D eigenvalue weighted by Crippen LogP contribution is -1.92. The van der Waals surface area contributed by atoms with Crippen LogP contribution in [0.1, 0.15) is 0 Å². The number of anilines is 1. The normalized spacial score (nSPS) is 11.1. The summed E-state index contributed by atoms with van der Waals surface area (Å²) in [7, 11) is 0. The molecule has 0 radical (unpaired) electrons. The second-order valence-electron chi connectivity index (χ2n) is 3.04. The van der Waals surface area contributed by atoms with Crippen molar-refractivity contribution in [3.05, 3.63) is 24.5 Å². The Bertz CT molecular complexity index is 613. The Kier molecular flexibility index (Phi) is 1.25. The Balaban J connectivity index is 2.64. The lowest BCUT2D eigenvalue weighted by atomic mass is 10.2. The van der Waals surface area contributed by atoms with Crippen LogP contribution in [-0.2, 0) is 0 Å². The van der Waals surface area contributed by atoms with Crippen LogP contribution in [0.3, 0.4) is 0 Å². The molecule has 0 unspecified atom stereocenters. The van der Waals surface area contributed by atoms with Crippen LogP contribution in [0.25, 0.3) is 22.1 Å². The summed E-state index contributed by atoms with van der Waals surface area (Å²) >= 11 is 0. The summed E-state index contributed by atoms with van der Waals surface area (Å²) in [5.74, 6) is 0. The van der Waals surface area contributed by atoms with Gasteiger partial charge in [0.25, 0.3) is 0 Å². The Morgan fingerprint density at radius 1 is 1.21 bits per heavy atom. The van der Waals surface area contributed by atoms with Gasteiger partial charge >= 0.3 is 0 Å². The zero-order valence-corrected chi connectivity index (χ0v) is 7.23. The number of nitrogens with one attached hydrogen (secondary N) is 1. The number of H-pyrrole nitrogens is 1. The molecule has 5 nitrogen and oxygen atoms in total. The average Bonchev–Trinajstić information content (AvgIpc) is 2.66. The molecule has 0 saturated carbocycles. The predicted molar refractivity (Wildman–Crippen MR) is 53.6 cm³/mol. The van der Waals surface area contributed by atoms with Crippen LogP contribution in [0.15, 0.2) is 24.5 Å². The maximum atomic E-state index is 5.78. The maximum absolute atomic E-state index is 5.78. The molecule has 0 spiro atoms. The Labute approximate surface area is 79.0 Å². The van der Waals surface area contributed by atoms with Gasteiger partial charge in [-0.1, -0.05) is 12.1 Å². The largest absolute Gasteiger partial charge is 0.397 e. The molecule has 0 amide bonds. The molecule has 0 bridgehead atoms. The van der Waals surface area contributed by atoms with Gasteiger partial charge in [-0.05, 0) is 6.07 Å². The van der Waals surface area contributed by atoms with Crippen molar-refractivity contribution in [3.8, 4) is 0 Å². The molecule has 14 heavy (non-hydrogen) atoms. The highest BCUT2D eigenvalue weighted by atomic mass is 15.1. The van der Waals surface area contributed by atoms with Crippen LogP contribution < -0.4 is 5.73 Å². The fraction of sp³-hybridized carbons (Fsp3) is 0. The van der Waals surface area contributed by atoms with Crippen molar-refractivity contribution in [2.45, 2.75) is 0 Å². The van der Waals surface area contributed by atoms with E-state index in [9.17, 15) is 0 Å². The monoisotopic (exact) mass is 185 g/mol. The first-order valence-corrected chi connectivity index (χ1v) is 4.20. The molecule has 0 aliphatic carbocycles. The van der Waals surface area contributed by atoms with E-state index < -0.39 is 0 Å². The molecule has 5 heteroatoms. The van der Waals surface area contributed by atoms with Gasteiger partial charge in [0, 0.05) is 5.39 Å². The molecule has 1 aromatic carbocycles. The third-order valence-corrected chi connectivity index (χ3v) is 2.20. The molecule has 3 N–H and O–H groups in total. The summed E-state index contributed by atoms with van der Waals surface area (Å²) in [5.41, 5.74) is 8.61. The van der Waals surface area contributed by atoms with E-state index in [0.717, 1.165) is 10.9 Å². The Morgan fingerprint density at radius 3 is 3.07 bits per heavy atom. The molecule has 0 atom stereocenters. The lowest BCUT2D eigenvalue weighted by Gasteiger charge is -1.99. The van der Waals surface area contributed by atoms with Crippen molar-refractivity contribution in [2.75, 3.05) is 5.73 Å². The third kappa shape index (κ3) is 0.806. The molecule has 68 valence electrons. The van der Waals surface area contributed by atoms with Gasteiger partial charge in [0.2, 0.25) is 0 Å². The zero-order valence-electron chi connectivity index (χ0n) is 7.23. The summed E-state index contributed by atoms with van der Waals surface area (Å²) < 4.78 is 0. The third-order valence-electron chi connectivity index (χ3n) is 2.20. The number of nitrogens with zero attached hydrogens (tertiary/aromatic N) is 3. The van der Waals surface area contributed by atoms with Gasteiger partial charge in [0.15, 0.2) is 5.65 Å². The van der Waals surface area contributed by atoms with E-state index in [4.69, 9.17) is 5.73 Å². The molecular weight excluding hydrogens is 178 g/mol. The van der Waals surface area contributed by atoms with Crippen LogP contribution in [0.4, 0.5) is 5.69 Å². The molecule has 3 rings (SSSR count). The van der Waals surface area contributed by atoms with Gasteiger partial charge in [-0.2, -0.15) is 0 Å². The fourth-order valence-electron chi connectivity index (χ4n) is 1.53. The van der Waals surface area contributed by atoms with Crippen molar-refractivity contribution in [1.29, 1.82) is 0 Å². The number of aromatic amines is 1. The first-order chi connectivity index (χ1) is 6.86. The number of nitrogen functional groups attached to an aromatic ring is 1. The zero-order chi connectivity index (χ0) is 9.54. The highest BCUT2D eigenvalue weighted by molar-refractivity contribution is 6.03. The van der Waals surface area contributed by atoms with Crippen LogP contribution in [0, 0.1) is 0 Å². The number of aromatic nitrogens is 4. The fourth-order valence-corrected chi connectivity index (χ4v) is 1.53. The van der Waals surface area contributed by atoms with Gasteiger partial charge in [-0.15, -0.1) is 10.2 Å². The van der Waals surface area contributed by atoms with E-state index in [2.05, 4.69) is 20.2 Å². The molecule has 0 saturated heterocycles. The SMILES string of the molecule is Nc1cccc2c1nnc1nc[nH]c12. The molecule has 2 aromatic heterocycles. The first-order valence-electron chi connectivity index (χ1n) is 4.20. The average molecular weight is 185 g/mol. The summed E-state index contributed by atoms with van der Waals surface area (Å²) in [6.45, 7) is 0. The van der Waals surface area contributed by atoms with E-state index in [1.54, 1.807) is 12.4 Å². The molecule has 0 aliphatic rings. The molecule has 3 aromatic rings. The van der Waals surface area contributed by atoms with E-state index in [1.165, 1.54) is 0 Å². The Hall–Kier alpha value is -2.17. The quantitative estimate of drug-likeness (QED) is 0.514. The smallest absolute Gasteiger partial charge is 0.200 e. The van der Waals surface area contributed by atoms with Crippen molar-refractivity contribution in [3.63, 3.8) is 0 Å². The minimum atomic E-state index is 0.614. The molecule has 0 aliphatic heterocycles. The van der Waals surface area contributed by atoms with E-state index in [0.29, 0.717) is 16.9 Å². The molecule has 0 fully saturated rings. The summed E-state index contributed by atoms with van der Waals surface area (Å²) in [4.78, 5) is 7.05. The number of imidazole rings is 1. The summed E-state index contributed by atoms with van der Waals surface area (Å²) in [5, 5.41) is 8.93. The number of benzene rings is 1. The van der Waals surface area contributed by atoms with Crippen LogP contribution in [-0.4, -0.2) is 20.2 Å². The highest BCUT2D eigenvalue weighted by Crippen LogP contribution is 2.22. The van der Waals surface area contributed by atoms with E-state index in [-0.39, 0.29) is 0 Å². The van der Waals surface area contributed by atoms with Gasteiger partial charge < -0.3 is 10.7 Å². The predicted octanol–water partition coefficient (Wildman–Crippen LogP) is 1.09. The highest BCUT2D eigenvalue weighted by Gasteiger charge is 2.06. The maximum Gasteiger partial charge on any atom is 0.200 e. The number of rotatable bonds is 0. The van der Waals surface area contributed by atoms with Gasteiger partial charge in [-0.3, -0.25) is 0 Å². The first kappa shape index (κ1) is 7.25. The van der Waals surface area contributed by atoms with E-state index >= 15 is 0 Å². The standard InChI is InChI=1S/C9H7N5/c10-6-3-1-2-5-7(6)13-14-9-8(5)11-4-12-9/h1-4H,10H2,(H,11,12,14). The van der Waals surface area contributed by atoms with Gasteiger partial charge in [-0.25, -0.2) is 4.98 Å². The molecule has 2 heterocycles. The van der Waals surface area contributed by atoms with Crippen LogP contribution in [0.5, 0.6) is 0 Å². The minimum Gasteiger partial charge on any atom is -0.397 e. The van der Waals surface area contributed by atoms with Crippen molar-refractivity contribution in [1.82, 2.24) is 20.2 Å². The van der Waals surface area contributed by atoms with Gasteiger partial charge in [0.1, 0.15) is 5.52 Å². The summed E-state index contributed by atoms with van der Waals surface area (Å²) in [6.07, 6.45) is 1.60. The second kappa shape index (κ2) is 2.41. The van der Waals surface area contributed by atoms with Crippen molar-refractivity contribution < 1.29 is 0 Å². The van der Waals surface area contributed by atoms with Crippen LogP contribution in [0.2, 0.25) is 0 Å². The van der Waals surface area contributed by atoms with Crippen molar-refractivity contribution in [2.24, 2.45) is 0 Å². The Morgan fingerprint density at radius 2 is 2.14 bits per heavy atom. The number of fused-ring (bicyclic) bond motifs is 3. The minimum absolute atomic E-state index is 0.614. The second-order valence-corrected chi connectivity index (χ2v) is 3.04. The van der Waals surface area contributed by atoms with Gasteiger partial charge in [0.05, 0.1) is 17.5 Å². The van der Waals surface area contributed by atoms with Crippen LogP contribution >= 0.6 is 0 Å². The van der Waals surface area contributed by atoms with E-state index in [1.807, 2.05) is 12.1 Å². The topological polar surface area (TPSA) is 80.5 Å². The van der Waals surface area contributed by atoms with Crippen molar-refractivity contribution >= 4 is 27.8 Å².